The maximum Gasteiger partial charge on any atom is 0.0921 e. The topological polar surface area (TPSA) is 54.7 Å². The van der Waals surface area contributed by atoms with Gasteiger partial charge in [-0.15, -0.1) is 0 Å². The average molecular weight is 247 g/mol. The van der Waals surface area contributed by atoms with Gasteiger partial charge in [0.2, 0.25) is 0 Å². The fraction of sp³-hybridized carbons (Fsp3) is 0.400. The Kier molecular flexibility index (Phi) is 9.60. The summed E-state index contributed by atoms with van der Waals surface area (Å²) in [7, 11) is 0. The molecule has 0 bridgehead atoms. The Balaban J connectivity index is 0.000000659. The van der Waals surface area contributed by atoms with E-state index in [9.17, 15) is 0 Å². The lowest BCUT2D eigenvalue weighted by molar-refractivity contribution is 1.05. The number of imidazole rings is 1. The van der Waals surface area contributed by atoms with Gasteiger partial charge in [-0.2, -0.15) is 0 Å². The monoisotopic (exact) mass is 247 g/mol. The number of nitrogens with zero attached hydrogens (tertiary/aromatic N) is 1. The normalized spacial score (nSPS) is 8.72. The molecule has 3 nitrogen and oxygen atoms in total. The van der Waals surface area contributed by atoms with Crippen LogP contribution in [0.4, 0.5) is 0 Å². The van der Waals surface area contributed by atoms with E-state index in [1.807, 2.05) is 33.9 Å². The van der Waals surface area contributed by atoms with E-state index in [1.165, 1.54) is 11.1 Å². The minimum atomic E-state index is 0.602. The van der Waals surface area contributed by atoms with E-state index in [0.29, 0.717) is 6.54 Å². The van der Waals surface area contributed by atoms with Crippen molar-refractivity contribution in [3.8, 4) is 0 Å². The maximum atomic E-state index is 5.52. The average Bonchev–Trinajstić information content (AvgIpc) is 2.97. The first-order chi connectivity index (χ1) is 8.88. The van der Waals surface area contributed by atoms with Crippen LogP contribution in [0.15, 0.2) is 36.8 Å². The molecule has 0 saturated heterocycles. The Morgan fingerprint density at radius 2 is 1.56 bits per heavy atom. The second kappa shape index (κ2) is 10.5. The Labute approximate surface area is 110 Å². The zero-order valence-corrected chi connectivity index (χ0v) is 11.9. The molecule has 1 heterocycles. The number of nitrogens with one attached hydrogen (secondary N) is 1. The summed E-state index contributed by atoms with van der Waals surface area (Å²) in [5, 5.41) is 0. The molecule has 2 rings (SSSR count). The van der Waals surface area contributed by atoms with E-state index in [-0.39, 0.29) is 0 Å². The largest absolute Gasteiger partial charge is 0.348 e. The zero-order chi connectivity index (χ0) is 13.8. The second-order valence-electron chi connectivity index (χ2n) is 3.27. The lowest BCUT2D eigenvalue weighted by atomic mass is 10.1. The lowest BCUT2D eigenvalue weighted by Gasteiger charge is -2.00. The number of nitrogens with two attached hydrogens (primary N) is 1. The lowest BCUT2D eigenvalue weighted by Crippen LogP contribution is -1.96. The molecule has 0 spiro atoms. The SMILES string of the molecule is CC.CC.NCc1ccc(Cc2cnc[nH]2)cc1. The van der Waals surface area contributed by atoms with E-state index in [4.69, 9.17) is 5.73 Å². The number of aromatic amines is 1. The first-order valence-electron chi connectivity index (χ1n) is 6.63. The Morgan fingerprint density at radius 3 is 2.00 bits per heavy atom. The van der Waals surface area contributed by atoms with Gasteiger partial charge >= 0.3 is 0 Å². The van der Waals surface area contributed by atoms with E-state index < -0.39 is 0 Å². The fourth-order valence-corrected chi connectivity index (χ4v) is 1.39. The summed E-state index contributed by atoms with van der Waals surface area (Å²) in [6.07, 6.45) is 4.44. The van der Waals surface area contributed by atoms with Crippen molar-refractivity contribution in [2.45, 2.75) is 40.7 Å². The molecule has 0 radical (unpaired) electrons. The van der Waals surface area contributed by atoms with Crippen LogP contribution in [-0.2, 0) is 13.0 Å². The molecule has 0 atom stereocenters. The van der Waals surface area contributed by atoms with Gasteiger partial charge in [-0.25, -0.2) is 4.98 Å². The molecule has 3 N–H and O–H groups in total. The molecule has 0 aliphatic carbocycles. The maximum absolute atomic E-state index is 5.52. The van der Waals surface area contributed by atoms with Gasteiger partial charge in [-0.3, -0.25) is 0 Å². The quantitative estimate of drug-likeness (QED) is 0.872. The summed E-state index contributed by atoms with van der Waals surface area (Å²) in [5.74, 6) is 0. The summed E-state index contributed by atoms with van der Waals surface area (Å²) in [6.45, 7) is 8.60. The number of aromatic nitrogens is 2. The molecule has 0 aliphatic heterocycles. The number of H-pyrrole nitrogens is 1. The van der Waals surface area contributed by atoms with E-state index in [1.54, 1.807) is 6.33 Å². The molecule has 0 aliphatic rings. The summed E-state index contributed by atoms with van der Waals surface area (Å²) in [4.78, 5) is 7.05. The van der Waals surface area contributed by atoms with Crippen LogP contribution >= 0.6 is 0 Å². The predicted octanol–water partition coefficient (Wildman–Crippen LogP) is 3.51. The van der Waals surface area contributed by atoms with Crippen molar-refractivity contribution in [1.82, 2.24) is 9.97 Å². The number of hydrogen-bond donors (Lipinski definition) is 2. The van der Waals surface area contributed by atoms with Gasteiger partial charge in [0, 0.05) is 24.9 Å². The highest BCUT2D eigenvalue weighted by Crippen LogP contribution is 2.08. The molecule has 0 saturated carbocycles. The molecular weight excluding hydrogens is 222 g/mol. The molecule has 18 heavy (non-hydrogen) atoms. The van der Waals surface area contributed by atoms with Crippen LogP contribution in [0.2, 0.25) is 0 Å². The van der Waals surface area contributed by atoms with Crippen LogP contribution < -0.4 is 5.73 Å². The molecular formula is C15H25N3. The number of rotatable bonds is 3. The predicted molar refractivity (Wildman–Crippen MR) is 78.4 cm³/mol. The Bertz CT molecular complexity index is 377. The molecule has 100 valence electrons. The minimum absolute atomic E-state index is 0.602. The van der Waals surface area contributed by atoms with Gasteiger partial charge in [0.1, 0.15) is 0 Å². The van der Waals surface area contributed by atoms with Crippen molar-refractivity contribution in [2.75, 3.05) is 0 Å². The molecule has 1 aromatic carbocycles. The third kappa shape index (κ3) is 5.64. The standard InChI is InChI=1S/C11H13N3.2C2H6/c12-6-10-3-1-9(2-4-10)5-11-7-13-8-14-11;2*1-2/h1-4,7-8H,5-6,12H2,(H,13,14);2*1-2H3. The Hall–Kier alpha value is -1.61. The zero-order valence-electron chi connectivity index (χ0n) is 11.9. The molecule has 2 aromatic rings. The van der Waals surface area contributed by atoms with Crippen LogP contribution in [0.1, 0.15) is 44.5 Å². The highest BCUT2D eigenvalue weighted by atomic mass is 14.9. The first kappa shape index (κ1) is 16.4. The smallest absolute Gasteiger partial charge is 0.0921 e. The highest BCUT2D eigenvalue weighted by Gasteiger charge is 1.96. The van der Waals surface area contributed by atoms with Crippen LogP contribution in [0, 0.1) is 0 Å². The van der Waals surface area contributed by atoms with Crippen molar-refractivity contribution in [3.63, 3.8) is 0 Å². The van der Waals surface area contributed by atoms with Gasteiger partial charge in [-0.1, -0.05) is 52.0 Å². The summed E-state index contributed by atoms with van der Waals surface area (Å²) < 4.78 is 0. The summed E-state index contributed by atoms with van der Waals surface area (Å²) >= 11 is 0. The second-order valence-corrected chi connectivity index (χ2v) is 3.27. The van der Waals surface area contributed by atoms with Gasteiger partial charge < -0.3 is 10.7 Å². The van der Waals surface area contributed by atoms with Gasteiger partial charge in [-0.05, 0) is 11.1 Å². The van der Waals surface area contributed by atoms with Gasteiger partial charge in [0.15, 0.2) is 0 Å². The molecule has 1 aromatic heterocycles. The molecule has 0 unspecified atom stereocenters. The van der Waals surface area contributed by atoms with Crippen LogP contribution in [-0.4, -0.2) is 9.97 Å². The number of benzene rings is 1. The third-order valence-electron chi connectivity index (χ3n) is 2.21. The van der Waals surface area contributed by atoms with Gasteiger partial charge in [0.05, 0.1) is 6.33 Å². The van der Waals surface area contributed by atoms with E-state index in [0.717, 1.165) is 12.1 Å². The molecule has 3 heteroatoms. The summed E-state index contributed by atoms with van der Waals surface area (Å²) in [6, 6.07) is 8.32. The van der Waals surface area contributed by atoms with Crippen LogP contribution in [0.3, 0.4) is 0 Å². The number of hydrogen-bond acceptors (Lipinski definition) is 2. The minimum Gasteiger partial charge on any atom is -0.348 e. The van der Waals surface area contributed by atoms with Crippen molar-refractivity contribution >= 4 is 0 Å². The van der Waals surface area contributed by atoms with Gasteiger partial charge in [0.25, 0.3) is 0 Å². The summed E-state index contributed by atoms with van der Waals surface area (Å²) in [5.41, 5.74) is 9.08. The fourth-order valence-electron chi connectivity index (χ4n) is 1.39. The van der Waals surface area contributed by atoms with Crippen LogP contribution in [0.5, 0.6) is 0 Å². The molecule has 0 amide bonds. The first-order valence-corrected chi connectivity index (χ1v) is 6.63. The van der Waals surface area contributed by atoms with Crippen LogP contribution in [0.25, 0.3) is 0 Å². The van der Waals surface area contributed by atoms with E-state index >= 15 is 0 Å². The van der Waals surface area contributed by atoms with Crippen molar-refractivity contribution in [2.24, 2.45) is 5.73 Å². The van der Waals surface area contributed by atoms with Crippen molar-refractivity contribution in [1.29, 1.82) is 0 Å². The molecule has 0 fully saturated rings. The van der Waals surface area contributed by atoms with E-state index in [2.05, 4.69) is 34.2 Å². The third-order valence-corrected chi connectivity index (χ3v) is 2.21. The van der Waals surface area contributed by atoms with Crippen molar-refractivity contribution in [3.05, 3.63) is 53.6 Å². The Morgan fingerprint density at radius 1 is 1.00 bits per heavy atom. The highest BCUT2D eigenvalue weighted by molar-refractivity contribution is 5.25. The van der Waals surface area contributed by atoms with Crippen molar-refractivity contribution < 1.29 is 0 Å².